The summed E-state index contributed by atoms with van der Waals surface area (Å²) in [7, 11) is -4.72. The third-order valence-electron chi connectivity index (χ3n) is 4.17. The molecular formula is C18H37O7S-3. The second kappa shape index (κ2) is 19.5. The van der Waals surface area contributed by atoms with Crippen LogP contribution in [0.2, 0.25) is 0 Å². The molecule has 1 N–H and O–H groups in total. The molecule has 7 nitrogen and oxygen atoms in total. The van der Waals surface area contributed by atoms with Crippen LogP contribution in [0.5, 0.6) is 0 Å². The average molecular weight is 398 g/mol. The zero-order chi connectivity index (χ0) is 18.8. The van der Waals surface area contributed by atoms with E-state index in [1.165, 1.54) is 57.8 Å². The molecule has 1 atom stereocenters. The normalized spacial score (nSPS) is 12.7. The number of ether oxygens (including phenoxy) is 1. The first kappa shape index (κ1) is 28.0. The molecule has 0 heterocycles. The van der Waals surface area contributed by atoms with E-state index in [0.29, 0.717) is 6.42 Å². The van der Waals surface area contributed by atoms with Gasteiger partial charge in [-0.15, -0.1) is 0 Å². The molecule has 0 rings (SSSR count). The van der Waals surface area contributed by atoms with Gasteiger partial charge in [0.15, 0.2) is 0 Å². The van der Waals surface area contributed by atoms with Gasteiger partial charge in [0.25, 0.3) is 0 Å². The predicted octanol–water partition coefficient (Wildman–Crippen LogP) is 3.81. The molecular weight excluding hydrogens is 360 g/mol. The minimum atomic E-state index is -4.72. The van der Waals surface area contributed by atoms with Crippen LogP contribution in [0.1, 0.15) is 90.4 Å². The van der Waals surface area contributed by atoms with Gasteiger partial charge in [0, 0.05) is 0 Å². The van der Waals surface area contributed by atoms with E-state index in [9.17, 15) is 13.0 Å². The van der Waals surface area contributed by atoms with Crippen LogP contribution >= 0.6 is 0 Å². The Labute approximate surface area is 159 Å². The fourth-order valence-electron chi connectivity index (χ4n) is 2.82. The van der Waals surface area contributed by atoms with E-state index in [2.05, 4.69) is 11.1 Å². The number of aliphatic hydroxyl groups excluding tert-OH is 1. The summed E-state index contributed by atoms with van der Waals surface area (Å²) in [5.41, 5.74) is 0. The van der Waals surface area contributed by atoms with Crippen LogP contribution in [0.15, 0.2) is 0 Å². The van der Waals surface area contributed by atoms with Gasteiger partial charge in [0.2, 0.25) is 10.4 Å². The summed E-state index contributed by atoms with van der Waals surface area (Å²) in [6.45, 7) is 2.21. The summed E-state index contributed by atoms with van der Waals surface area (Å²) >= 11 is 0. The van der Waals surface area contributed by atoms with Gasteiger partial charge in [-0.3, -0.25) is 4.18 Å². The highest BCUT2D eigenvalue weighted by Gasteiger charge is 2.13. The largest absolute Gasteiger partial charge is 2.00 e. The SMILES string of the molecule is CCCCCCCCCCCCCCC(COCCO)OS(=O)(=O)[O-].[O-2]. The first-order valence-electron chi connectivity index (χ1n) is 9.82. The maximum Gasteiger partial charge on any atom is 0.217 e. The maximum atomic E-state index is 10.7. The topological polar surface area (TPSA) is 124 Å². The molecule has 0 amide bonds. The Morgan fingerprint density at radius 3 is 1.77 bits per heavy atom. The van der Waals surface area contributed by atoms with Crippen molar-refractivity contribution in [1.82, 2.24) is 0 Å². The lowest BCUT2D eigenvalue weighted by Crippen LogP contribution is -2.24. The first-order valence-corrected chi connectivity index (χ1v) is 11.2. The Morgan fingerprint density at radius 1 is 0.885 bits per heavy atom. The number of unbranched alkanes of at least 4 members (excludes halogenated alkanes) is 11. The predicted molar refractivity (Wildman–Crippen MR) is 98.9 cm³/mol. The molecule has 160 valence electrons. The Hall–Kier alpha value is -0.250. The first-order chi connectivity index (χ1) is 12.0. The highest BCUT2D eigenvalue weighted by molar-refractivity contribution is 7.80. The fourth-order valence-corrected chi connectivity index (χ4v) is 3.30. The van der Waals surface area contributed by atoms with E-state index < -0.39 is 16.5 Å². The van der Waals surface area contributed by atoms with Crippen molar-refractivity contribution < 1.29 is 32.5 Å². The number of hydrogen-bond donors (Lipinski definition) is 1. The van der Waals surface area contributed by atoms with E-state index in [1.807, 2.05) is 0 Å². The van der Waals surface area contributed by atoms with Crippen molar-refractivity contribution in [3.63, 3.8) is 0 Å². The summed E-state index contributed by atoms with van der Waals surface area (Å²) in [4.78, 5) is 0. The molecule has 0 aliphatic heterocycles. The molecule has 0 bridgehead atoms. The second-order valence-electron chi connectivity index (χ2n) is 6.60. The minimum Gasteiger partial charge on any atom is -2.00 e. The molecule has 0 spiro atoms. The van der Waals surface area contributed by atoms with Crippen molar-refractivity contribution in [2.45, 2.75) is 96.5 Å². The van der Waals surface area contributed by atoms with Crippen molar-refractivity contribution in [3.05, 3.63) is 0 Å². The molecule has 0 saturated heterocycles. The standard InChI is InChI=1S/C18H38O6S.O/c1-2-3-4-5-6-7-8-9-10-11-12-13-14-18(17-23-16-15-19)24-25(20,21)22;/h18-19H,2-17H2,1H3,(H,20,21,22);/q;-2/p-1. The van der Waals surface area contributed by atoms with E-state index in [1.54, 1.807) is 0 Å². The van der Waals surface area contributed by atoms with Crippen molar-refractivity contribution in [2.75, 3.05) is 19.8 Å². The van der Waals surface area contributed by atoms with E-state index in [-0.39, 0.29) is 25.3 Å². The molecule has 0 aliphatic rings. The fraction of sp³-hybridized carbons (Fsp3) is 1.00. The van der Waals surface area contributed by atoms with Crippen LogP contribution in [-0.2, 0) is 24.8 Å². The number of hydrogen-bond acceptors (Lipinski definition) is 6. The Bertz CT molecular complexity index is 374. The number of aliphatic hydroxyl groups is 1. The van der Waals surface area contributed by atoms with Crippen LogP contribution in [0.4, 0.5) is 0 Å². The van der Waals surface area contributed by atoms with Crippen molar-refractivity contribution in [1.29, 1.82) is 0 Å². The van der Waals surface area contributed by atoms with Gasteiger partial charge in [-0.1, -0.05) is 84.0 Å². The molecule has 0 aromatic carbocycles. The van der Waals surface area contributed by atoms with Crippen molar-refractivity contribution in [2.24, 2.45) is 0 Å². The van der Waals surface area contributed by atoms with Crippen LogP contribution in [-0.4, -0.2) is 44.0 Å². The quantitative estimate of drug-likeness (QED) is 0.201. The second-order valence-corrected chi connectivity index (χ2v) is 7.61. The van der Waals surface area contributed by atoms with E-state index in [0.717, 1.165) is 19.3 Å². The Morgan fingerprint density at radius 2 is 1.35 bits per heavy atom. The molecule has 0 aliphatic carbocycles. The Balaban J connectivity index is 0. The highest BCUT2D eigenvalue weighted by atomic mass is 32.3. The Kier molecular flexibility index (Phi) is 21.0. The molecule has 0 fully saturated rings. The monoisotopic (exact) mass is 397 g/mol. The summed E-state index contributed by atoms with van der Waals surface area (Å²) in [6.07, 6.45) is 14.4. The lowest BCUT2D eigenvalue weighted by molar-refractivity contribution is 0.0256. The molecule has 0 aromatic rings. The smallest absolute Gasteiger partial charge is 0.217 e. The van der Waals surface area contributed by atoms with Gasteiger partial charge in [0.1, 0.15) is 0 Å². The van der Waals surface area contributed by atoms with Crippen LogP contribution in [0.25, 0.3) is 0 Å². The zero-order valence-corrected chi connectivity index (χ0v) is 17.0. The van der Waals surface area contributed by atoms with Crippen LogP contribution < -0.4 is 0 Å². The lowest BCUT2D eigenvalue weighted by atomic mass is 10.0. The van der Waals surface area contributed by atoms with Gasteiger partial charge in [0.05, 0.1) is 25.9 Å². The third-order valence-corrected chi connectivity index (χ3v) is 4.68. The van der Waals surface area contributed by atoms with Gasteiger partial charge < -0.3 is 19.9 Å². The minimum absolute atomic E-state index is 0. The molecule has 1 unspecified atom stereocenters. The summed E-state index contributed by atoms with van der Waals surface area (Å²) in [6, 6.07) is 0. The molecule has 8 heteroatoms. The molecule has 0 saturated carbocycles. The zero-order valence-electron chi connectivity index (χ0n) is 16.2. The van der Waals surface area contributed by atoms with Gasteiger partial charge in [-0.25, -0.2) is 8.42 Å². The highest BCUT2D eigenvalue weighted by Crippen LogP contribution is 2.14. The average Bonchev–Trinajstić information content (AvgIpc) is 2.54. The van der Waals surface area contributed by atoms with E-state index >= 15 is 0 Å². The molecule has 0 aromatic heterocycles. The lowest BCUT2D eigenvalue weighted by Gasteiger charge is -2.19. The van der Waals surface area contributed by atoms with Gasteiger partial charge >= 0.3 is 0 Å². The maximum absolute atomic E-state index is 10.7. The molecule has 26 heavy (non-hydrogen) atoms. The van der Waals surface area contributed by atoms with E-state index in [4.69, 9.17) is 9.84 Å². The van der Waals surface area contributed by atoms with Crippen molar-refractivity contribution in [3.8, 4) is 0 Å². The summed E-state index contributed by atoms with van der Waals surface area (Å²) in [5.74, 6) is 0. The molecule has 0 radical (unpaired) electrons. The third kappa shape index (κ3) is 21.8. The van der Waals surface area contributed by atoms with Crippen LogP contribution in [0.3, 0.4) is 0 Å². The van der Waals surface area contributed by atoms with Crippen molar-refractivity contribution >= 4 is 10.4 Å². The van der Waals surface area contributed by atoms with Gasteiger partial charge in [-0.05, 0) is 6.42 Å². The van der Waals surface area contributed by atoms with Crippen LogP contribution in [0, 0.1) is 0 Å². The summed E-state index contributed by atoms with van der Waals surface area (Å²) in [5, 5.41) is 8.65. The summed E-state index contributed by atoms with van der Waals surface area (Å²) < 4.78 is 41.7. The number of rotatable bonds is 19. The van der Waals surface area contributed by atoms with Gasteiger partial charge in [-0.2, -0.15) is 0 Å².